The molecule has 1 N–H and O–H groups in total. The van der Waals surface area contributed by atoms with Crippen molar-refractivity contribution >= 4 is 5.97 Å². The summed E-state index contributed by atoms with van der Waals surface area (Å²) in [6.07, 6.45) is 2.14. The second kappa shape index (κ2) is 3.72. The fraction of sp³-hybridized carbons (Fsp3) is 0.875. The van der Waals surface area contributed by atoms with Crippen molar-refractivity contribution in [1.82, 2.24) is 0 Å². The lowest BCUT2D eigenvalue weighted by atomic mass is 10.2. The summed E-state index contributed by atoms with van der Waals surface area (Å²) in [5.41, 5.74) is 0. The molecule has 1 aliphatic heterocycles. The summed E-state index contributed by atoms with van der Waals surface area (Å²) in [5.74, 6) is -0.0255. The lowest BCUT2D eigenvalue weighted by Gasteiger charge is -2.14. The molecule has 0 spiro atoms. The fourth-order valence-electron chi connectivity index (χ4n) is 1.57. The standard InChI is InChI=1S/C8H15NO2/c1-3-11-8(10)7-5-4-6-9(7)2/h7H,3-6H2,1-2H3/p+1/t7-/m0/s1. The monoisotopic (exact) mass is 158 g/mol. The van der Waals surface area contributed by atoms with E-state index in [2.05, 4.69) is 7.05 Å². The molecule has 1 aliphatic rings. The molecular weight excluding hydrogens is 142 g/mol. The van der Waals surface area contributed by atoms with E-state index in [1.165, 1.54) is 4.90 Å². The van der Waals surface area contributed by atoms with Gasteiger partial charge in [-0.2, -0.15) is 0 Å². The summed E-state index contributed by atoms with van der Waals surface area (Å²) in [6.45, 7) is 3.45. The number of ether oxygens (including phenoxy) is 1. The van der Waals surface area contributed by atoms with Gasteiger partial charge in [0.2, 0.25) is 0 Å². The van der Waals surface area contributed by atoms with Crippen molar-refractivity contribution in [2.45, 2.75) is 25.8 Å². The van der Waals surface area contributed by atoms with Crippen LogP contribution in [0.25, 0.3) is 0 Å². The second-order valence-electron chi connectivity index (χ2n) is 3.04. The first-order chi connectivity index (χ1) is 5.25. The maximum Gasteiger partial charge on any atom is 0.364 e. The van der Waals surface area contributed by atoms with E-state index < -0.39 is 0 Å². The first-order valence-electron chi connectivity index (χ1n) is 4.24. The highest BCUT2D eigenvalue weighted by Crippen LogP contribution is 2.00. The first-order valence-corrected chi connectivity index (χ1v) is 4.24. The summed E-state index contributed by atoms with van der Waals surface area (Å²) in [5, 5.41) is 0. The van der Waals surface area contributed by atoms with Gasteiger partial charge in [0.05, 0.1) is 20.2 Å². The van der Waals surface area contributed by atoms with Gasteiger partial charge >= 0.3 is 5.97 Å². The number of carbonyl (C=O) groups is 1. The van der Waals surface area contributed by atoms with Gasteiger partial charge in [0.1, 0.15) is 0 Å². The van der Waals surface area contributed by atoms with E-state index in [1.54, 1.807) is 0 Å². The van der Waals surface area contributed by atoms with E-state index in [1.807, 2.05) is 6.92 Å². The normalized spacial score (nSPS) is 30.4. The average molecular weight is 158 g/mol. The Bertz CT molecular complexity index is 147. The van der Waals surface area contributed by atoms with Gasteiger partial charge in [-0.15, -0.1) is 0 Å². The van der Waals surface area contributed by atoms with Gasteiger partial charge < -0.3 is 9.64 Å². The third-order valence-corrected chi connectivity index (χ3v) is 2.23. The number of likely N-dealkylation sites (tertiary alicyclic amines) is 1. The number of rotatable bonds is 2. The number of carbonyl (C=O) groups excluding carboxylic acids is 1. The second-order valence-corrected chi connectivity index (χ2v) is 3.04. The maximum atomic E-state index is 11.2. The van der Waals surface area contributed by atoms with E-state index in [0.29, 0.717) is 6.61 Å². The Kier molecular flexibility index (Phi) is 2.88. The SMILES string of the molecule is CCOC(=O)[C@@H]1CCC[NH+]1C. The third kappa shape index (κ3) is 1.93. The van der Waals surface area contributed by atoms with Gasteiger partial charge in [-0.3, -0.25) is 0 Å². The highest BCUT2D eigenvalue weighted by molar-refractivity contribution is 5.74. The van der Waals surface area contributed by atoms with Crippen molar-refractivity contribution < 1.29 is 14.4 Å². The van der Waals surface area contributed by atoms with E-state index in [9.17, 15) is 4.79 Å². The Morgan fingerprint density at radius 2 is 2.45 bits per heavy atom. The van der Waals surface area contributed by atoms with Crippen LogP contribution < -0.4 is 4.90 Å². The van der Waals surface area contributed by atoms with Crippen LogP contribution in [-0.2, 0) is 9.53 Å². The van der Waals surface area contributed by atoms with Crippen molar-refractivity contribution in [2.75, 3.05) is 20.2 Å². The highest BCUT2D eigenvalue weighted by atomic mass is 16.5. The lowest BCUT2D eigenvalue weighted by Crippen LogP contribution is -3.11. The van der Waals surface area contributed by atoms with E-state index >= 15 is 0 Å². The van der Waals surface area contributed by atoms with Crippen LogP contribution in [0.5, 0.6) is 0 Å². The molecule has 1 heterocycles. The molecule has 2 atom stereocenters. The van der Waals surface area contributed by atoms with Gasteiger partial charge in [-0.1, -0.05) is 0 Å². The summed E-state index contributed by atoms with van der Waals surface area (Å²) >= 11 is 0. The Labute approximate surface area is 67.3 Å². The fourth-order valence-corrected chi connectivity index (χ4v) is 1.57. The summed E-state index contributed by atoms with van der Waals surface area (Å²) < 4.78 is 4.94. The molecular formula is C8H16NO2+. The zero-order valence-electron chi connectivity index (χ0n) is 7.22. The maximum absolute atomic E-state index is 11.2. The smallest absolute Gasteiger partial charge is 0.364 e. The van der Waals surface area contributed by atoms with Crippen molar-refractivity contribution in [3.05, 3.63) is 0 Å². The summed E-state index contributed by atoms with van der Waals surface area (Å²) in [4.78, 5) is 12.5. The highest BCUT2D eigenvalue weighted by Gasteiger charge is 2.32. The summed E-state index contributed by atoms with van der Waals surface area (Å²) in [7, 11) is 2.05. The Morgan fingerprint density at radius 1 is 1.73 bits per heavy atom. The van der Waals surface area contributed by atoms with Gasteiger partial charge in [-0.25, -0.2) is 4.79 Å². The molecule has 11 heavy (non-hydrogen) atoms. The van der Waals surface area contributed by atoms with Crippen LogP contribution in [0.15, 0.2) is 0 Å². The van der Waals surface area contributed by atoms with Gasteiger partial charge in [0.25, 0.3) is 0 Å². The van der Waals surface area contributed by atoms with Crippen LogP contribution in [0.4, 0.5) is 0 Å². The molecule has 3 heteroatoms. The topological polar surface area (TPSA) is 30.7 Å². The zero-order chi connectivity index (χ0) is 8.27. The minimum absolute atomic E-state index is 0.0255. The molecule has 0 radical (unpaired) electrons. The first kappa shape index (κ1) is 8.53. The quantitative estimate of drug-likeness (QED) is 0.535. The molecule has 0 amide bonds. The molecule has 1 unspecified atom stereocenters. The minimum atomic E-state index is -0.0255. The molecule has 0 aromatic rings. The Balaban J connectivity index is 2.39. The number of nitrogens with one attached hydrogen (secondary N) is 1. The number of likely N-dealkylation sites (N-methyl/N-ethyl adjacent to an activating group) is 1. The molecule has 0 saturated carbocycles. The van der Waals surface area contributed by atoms with Gasteiger partial charge in [0.15, 0.2) is 6.04 Å². The molecule has 3 nitrogen and oxygen atoms in total. The van der Waals surface area contributed by atoms with E-state index in [4.69, 9.17) is 4.74 Å². The number of quaternary nitrogens is 1. The van der Waals surface area contributed by atoms with Crippen LogP contribution in [0.3, 0.4) is 0 Å². The third-order valence-electron chi connectivity index (χ3n) is 2.23. The molecule has 1 saturated heterocycles. The summed E-state index contributed by atoms with van der Waals surface area (Å²) in [6, 6.07) is 0.106. The largest absolute Gasteiger partial charge is 0.462 e. The number of hydrogen-bond acceptors (Lipinski definition) is 2. The Hall–Kier alpha value is -0.570. The average Bonchev–Trinajstić information content (AvgIpc) is 2.36. The lowest BCUT2D eigenvalue weighted by molar-refractivity contribution is -0.883. The van der Waals surface area contributed by atoms with Crippen LogP contribution >= 0.6 is 0 Å². The minimum Gasteiger partial charge on any atom is -0.462 e. The Morgan fingerprint density at radius 3 is 2.91 bits per heavy atom. The number of hydrogen-bond donors (Lipinski definition) is 1. The molecule has 64 valence electrons. The predicted molar refractivity (Wildman–Crippen MR) is 41.4 cm³/mol. The molecule has 1 rings (SSSR count). The predicted octanol–water partition coefficient (Wildman–Crippen LogP) is -0.773. The van der Waals surface area contributed by atoms with Gasteiger partial charge in [-0.05, 0) is 6.92 Å². The van der Waals surface area contributed by atoms with Crippen LogP contribution in [0.1, 0.15) is 19.8 Å². The van der Waals surface area contributed by atoms with Crippen molar-refractivity contribution in [3.63, 3.8) is 0 Å². The zero-order valence-corrected chi connectivity index (χ0v) is 7.22. The van der Waals surface area contributed by atoms with Crippen molar-refractivity contribution in [2.24, 2.45) is 0 Å². The van der Waals surface area contributed by atoms with Crippen molar-refractivity contribution in [3.8, 4) is 0 Å². The molecule has 1 fully saturated rings. The molecule has 0 aliphatic carbocycles. The van der Waals surface area contributed by atoms with Gasteiger partial charge in [0, 0.05) is 12.8 Å². The van der Waals surface area contributed by atoms with Crippen LogP contribution in [-0.4, -0.2) is 32.2 Å². The number of esters is 1. The van der Waals surface area contributed by atoms with E-state index in [-0.39, 0.29) is 12.0 Å². The van der Waals surface area contributed by atoms with Crippen LogP contribution in [0, 0.1) is 0 Å². The molecule has 0 aromatic heterocycles. The molecule has 0 bridgehead atoms. The van der Waals surface area contributed by atoms with Crippen LogP contribution in [0.2, 0.25) is 0 Å². The molecule has 0 aromatic carbocycles. The van der Waals surface area contributed by atoms with E-state index in [0.717, 1.165) is 19.4 Å². The van der Waals surface area contributed by atoms with Crippen molar-refractivity contribution in [1.29, 1.82) is 0 Å².